The Kier molecular flexibility index (Phi) is 2.94. The highest BCUT2D eigenvalue weighted by atomic mass is 32.2. The zero-order valence-corrected chi connectivity index (χ0v) is 11.6. The van der Waals surface area contributed by atoms with Gasteiger partial charge in [0, 0.05) is 11.3 Å². The summed E-state index contributed by atoms with van der Waals surface area (Å²) in [6.07, 6.45) is 0. The molecule has 20 heavy (non-hydrogen) atoms. The second-order valence-electron chi connectivity index (χ2n) is 5.00. The molecule has 102 valence electrons. The van der Waals surface area contributed by atoms with Crippen molar-refractivity contribution in [3.63, 3.8) is 0 Å². The lowest BCUT2D eigenvalue weighted by molar-refractivity contribution is -0.141. The zero-order valence-electron chi connectivity index (χ0n) is 10.8. The van der Waals surface area contributed by atoms with Crippen LogP contribution in [0.15, 0.2) is 41.4 Å². The first-order valence-electron chi connectivity index (χ1n) is 6.18. The predicted molar refractivity (Wildman–Crippen MR) is 80.6 cm³/mol. The third kappa shape index (κ3) is 2.04. The fraction of sp³-hybridized carbons (Fsp3) is 0.200. The minimum atomic E-state index is -1.11. The summed E-state index contributed by atoms with van der Waals surface area (Å²) in [6.45, 7) is 1.59. The molecule has 2 N–H and O–H groups in total. The van der Waals surface area contributed by atoms with Crippen molar-refractivity contribution in [1.82, 2.24) is 0 Å². The van der Waals surface area contributed by atoms with E-state index in [2.05, 4.69) is 4.99 Å². The van der Waals surface area contributed by atoms with Crippen LogP contribution < -0.4 is 0 Å². The van der Waals surface area contributed by atoms with Gasteiger partial charge in [0.15, 0.2) is 5.54 Å². The van der Waals surface area contributed by atoms with Crippen LogP contribution in [0.4, 0.5) is 0 Å². The summed E-state index contributed by atoms with van der Waals surface area (Å²) in [4.78, 5) is 15.5. The van der Waals surface area contributed by atoms with Crippen LogP contribution in [0.25, 0.3) is 10.8 Å². The summed E-state index contributed by atoms with van der Waals surface area (Å²) < 4.78 is 0. The number of nitrogens with zero attached hydrogens (tertiary/aromatic N) is 1. The number of aliphatic carboxylic acids is 1. The molecule has 0 saturated carbocycles. The first-order chi connectivity index (χ1) is 9.49. The number of hydrogen-bond donors (Lipinski definition) is 2. The van der Waals surface area contributed by atoms with E-state index in [1.54, 1.807) is 13.0 Å². The maximum Gasteiger partial charge on any atom is 0.332 e. The van der Waals surface area contributed by atoms with Crippen LogP contribution in [-0.4, -0.2) is 32.5 Å². The molecule has 1 aliphatic heterocycles. The van der Waals surface area contributed by atoms with Gasteiger partial charge in [-0.15, -0.1) is 11.8 Å². The van der Waals surface area contributed by atoms with Gasteiger partial charge in [0.05, 0.1) is 0 Å². The van der Waals surface area contributed by atoms with E-state index >= 15 is 0 Å². The van der Waals surface area contributed by atoms with E-state index in [1.165, 1.54) is 11.8 Å². The monoisotopic (exact) mass is 287 g/mol. The summed E-state index contributed by atoms with van der Waals surface area (Å²) in [5.74, 6) is -0.436. The largest absolute Gasteiger partial charge is 0.507 e. The molecule has 1 aliphatic rings. The number of carbonyl (C=O) groups is 1. The van der Waals surface area contributed by atoms with Gasteiger partial charge in [-0.1, -0.05) is 24.3 Å². The Morgan fingerprint density at radius 3 is 2.55 bits per heavy atom. The summed E-state index contributed by atoms with van der Waals surface area (Å²) in [5.41, 5.74) is -0.517. The summed E-state index contributed by atoms with van der Waals surface area (Å²) in [6, 6.07) is 11.2. The van der Waals surface area contributed by atoms with Gasteiger partial charge in [-0.2, -0.15) is 0 Å². The van der Waals surface area contributed by atoms with E-state index in [0.717, 1.165) is 10.8 Å². The minimum absolute atomic E-state index is 0.129. The molecule has 2 aromatic rings. The average molecular weight is 287 g/mol. The third-order valence-corrected chi connectivity index (χ3v) is 4.68. The number of aromatic hydroxyl groups is 1. The fourth-order valence-corrected chi connectivity index (χ4v) is 3.34. The lowest BCUT2D eigenvalue weighted by Gasteiger charge is -2.11. The highest BCUT2D eigenvalue weighted by Crippen LogP contribution is 2.35. The Bertz CT molecular complexity index is 741. The van der Waals surface area contributed by atoms with Crippen molar-refractivity contribution in [2.45, 2.75) is 12.5 Å². The highest BCUT2D eigenvalue weighted by Gasteiger charge is 2.39. The SMILES string of the molecule is CC1(C(=O)O)CSC(c2cc3ccccc3cc2O)=N1. The van der Waals surface area contributed by atoms with Crippen molar-refractivity contribution < 1.29 is 15.0 Å². The van der Waals surface area contributed by atoms with Gasteiger partial charge in [0.1, 0.15) is 10.8 Å². The number of rotatable bonds is 2. The van der Waals surface area contributed by atoms with E-state index in [9.17, 15) is 15.0 Å². The molecule has 2 aromatic carbocycles. The van der Waals surface area contributed by atoms with Gasteiger partial charge in [0.2, 0.25) is 0 Å². The van der Waals surface area contributed by atoms with Gasteiger partial charge >= 0.3 is 5.97 Å². The molecular weight excluding hydrogens is 274 g/mol. The van der Waals surface area contributed by atoms with Gasteiger partial charge in [-0.3, -0.25) is 4.99 Å². The van der Waals surface area contributed by atoms with Crippen molar-refractivity contribution in [3.05, 3.63) is 42.0 Å². The molecule has 3 rings (SSSR count). The van der Waals surface area contributed by atoms with Crippen molar-refractivity contribution >= 4 is 33.5 Å². The van der Waals surface area contributed by atoms with Crippen LogP contribution in [-0.2, 0) is 4.79 Å². The number of thioether (sulfide) groups is 1. The van der Waals surface area contributed by atoms with Gasteiger partial charge in [0.25, 0.3) is 0 Å². The Hall–Kier alpha value is -2.01. The Labute approximate surface area is 120 Å². The van der Waals surface area contributed by atoms with Crippen molar-refractivity contribution in [2.24, 2.45) is 4.99 Å². The van der Waals surface area contributed by atoms with E-state index in [1.807, 2.05) is 30.3 Å². The predicted octanol–water partition coefficient (Wildman–Crippen LogP) is 2.88. The van der Waals surface area contributed by atoms with Crippen LogP contribution in [0.2, 0.25) is 0 Å². The van der Waals surface area contributed by atoms with Crippen LogP contribution in [0.1, 0.15) is 12.5 Å². The molecule has 1 heterocycles. The van der Waals surface area contributed by atoms with Crippen molar-refractivity contribution in [3.8, 4) is 5.75 Å². The second kappa shape index (κ2) is 4.52. The smallest absolute Gasteiger partial charge is 0.332 e. The van der Waals surface area contributed by atoms with Crippen molar-refractivity contribution in [1.29, 1.82) is 0 Å². The molecule has 0 aliphatic carbocycles. The summed E-state index contributed by atoms with van der Waals surface area (Å²) in [7, 11) is 0. The van der Waals surface area contributed by atoms with Crippen LogP contribution in [0.5, 0.6) is 5.75 Å². The minimum Gasteiger partial charge on any atom is -0.507 e. The maximum atomic E-state index is 11.2. The average Bonchev–Trinajstić information content (AvgIpc) is 2.82. The molecule has 1 atom stereocenters. The fourth-order valence-electron chi connectivity index (χ4n) is 2.14. The molecule has 0 saturated heterocycles. The molecule has 0 bridgehead atoms. The number of fused-ring (bicyclic) bond motifs is 1. The highest BCUT2D eigenvalue weighted by molar-refractivity contribution is 8.14. The van der Waals surface area contributed by atoms with Crippen LogP contribution in [0.3, 0.4) is 0 Å². The normalized spacial score (nSPS) is 21.9. The number of aliphatic imine (C=N–C) groups is 1. The molecule has 0 radical (unpaired) electrons. The standard InChI is InChI=1S/C15H13NO3S/c1-15(14(18)19)8-20-13(16-15)11-6-9-4-2-3-5-10(9)7-12(11)17/h2-7,17H,8H2,1H3,(H,18,19). The molecule has 0 aromatic heterocycles. The first kappa shape index (κ1) is 13.0. The quantitative estimate of drug-likeness (QED) is 0.891. The number of phenols is 1. The van der Waals surface area contributed by atoms with Gasteiger partial charge in [-0.05, 0) is 29.8 Å². The Balaban J connectivity index is 2.11. The van der Waals surface area contributed by atoms with Gasteiger partial charge < -0.3 is 10.2 Å². The van der Waals surface area contributed by atoms with Crippen LogP contribution >= 0.6 is 11.8 Å². The topological polar surface area (TPSA) is 69.9 Å². The van der Waals surface area contributed by atoms with Crippen molar-refractivity contribution in [2.75, 3.05) is 5.75 Å². The Morgan fingerprint density at radius 2 is 1.95 bits per heavy atom. The first-order valence-corrected chi connectivity index (χ1v) is 7.16. The lowest BCUT2D eigenvalue weighted by atomic mass is 10.1. The number of hydrogen-bond acceptors (Lipinski definition) is 4. The molecule has 0 fully saturated rings. The molecule has 5 heteroatoms. The van der Waals surface area contributed by atoms with E-state index in [0.29, 0.717) is 16.4 Å². The molecule has 0 spiro atoms. The third-order valence-electron chi connectivity index (χ3n) is 3.39. The van der Waals surface area contributed by atoms with Crippen LogP contribution in [0, 0.1) is 0 Å². The molecule has 1 unspecified atom stereocenters. The summed E-state index contributed by atoms with van der Waals surface area (Å²) in [5, 5.41) is 21.8. The van der Waals surface area contributed by atoms with Gasteiger partial charge in [-0.25, -0.2) is 4.79 Å². The lowest BCUT2D eigenvalue weighted by Crippen LogP contribution is -2.33. The molecule has 0 amide bonds. The summed E-state index contributed by atoms with van der Waals surface area (Å²) >= 11 is 1.36. The Morgan fingerprint density at radius 1 is 1.30 bits per heavy atom. The maximum absolute atomic E-state index is 11.2. The van der Waals surface area contributed by atoms with E-state index in [4.69, 9.17) is 0 Å². The number of carboxylic acids is 1. The zero-order chi connectivity index (χ0) is 14.3. The van der Waals surface area contributed by atoms with E-state index in [-0.39, 0.29) is 5.75 Å². The number of carboxylic acid groups (broad SMARTS) is 1. The van der Waals surface area contributed by atoms with E-state index < -0.39 is 11.5 Å². The number of phenolic OH excluding ortho intramolecular Hbond substituents is 1. The number of benzene rings is 2. The molecule has 4 nitrogen and oxygen atoms in total. The molecular formula is C15H13NO3S. The second-order valence-corrected chi connectivity index (χ2v) is 5.97.